The summed E-state index contributed by atoms with van der Waals surface area (Å²) in [5, 5.41) is -0.0156. The number of nitrogens with zero attached hydrogens (tertiary/aromatic N) is 1. The maximum atomic E-state index is 12.7. The van der Waals surface area contributed by atoms with Crippen LogP contribution in [0.25, 0.3) is 0 Å². The third-order valence-electron chi connectivity index (χ3n) is 8.88. The normalized spacial score (nSPS) is 18.3. The molecule has 3 atom stereocenters. The zero-order valence-electron chi connectivity index (χ0n) is 28.2. The van der Waals surface area contributed by atoms with Crippen LogP contribution in [-0.2, 0) is 33.7 Å². The summed E-state index contributed by atoms with van der Waals surface area (Å²) in [6.45, 7) is 14.0. The molecule has 3 aromatic carbocycles. The van der Waals surface area contributed by atoms with E-state index in [9.17, 15) is 9.59 Å². The van der Waals surface area contributed by atoms with Gasteiger partial charge >= 0.3 is 5.69 Å². The lowest BCUT2D eigenvalue weighted by Gasteiger charge is -2.39. The fraction of sp³-hybridized carbons (Fsp3) is 0.405. The van der Waals surface area contributed by atoms with Crippen molar-refractivity contribution < 1.29 is 23.4 Å². The summed E-state index contributed by atoms with van der Waals surface area (Å²) in [6.07, 6.45) is 0.724. The van der Waals surface area contributed by atoms with Gasteiger partial charge in [-0.2, -0.15) is 0 Å². The van der Waals surface area contributed by atoms with Gasteiger partial charge in [0.05, 0.1) is 19.3 Å². The Morgan fingerprint density at radius 2 is 1.43 bits per heavy atom. The molecule has 1 aliphatic rings. The van der Waals surface area contributed by atoms with E-state index in [-0.39, 0.29) is 17.7 Å². The number of H-pyrrole nitrogens is 1. The van der Waals surface area contributed by atoms with E-state index in [1.807, 2.05) is 78.9 Å². The molecule has 0 radical (unpaired) electrons. The number of rotatable bonds is 13. The molecule has 5 rings (SSSR count). The standard InChI is InChI=1S/C37H46N2O7Si/c1-26-21-39(36(41)38-35(26)40)34-20-32(46-47(5,6)37(2,3)4)33(45-34)25-42-22-29-17-30(43-23-27-13-9-7-10-14-27)19-31(18-29)44-24-28-15-11-8-12-16-28/h7-19,21,32-34H,20,22-25H2,1-6H3,(H,38,40,41)/t32-,33+,34+/m0/s1. The quantitative estimate of drug-likeness (QED) is 0.156. The minimum absolute atomic E-state index is 0.0156. The van der Waals surface area contributed by atoms with Gasteiger partial charge in [0, 0.05) is 24.2 Å². The van der Waals surface area contributed by atoms with Crippen molar-refractivity contribution in [1.82, 2.24) is 9.55 Å². The van der Waals surface area contributed by atoms with Gasteiger partial charge < -0.3 is 23.4 Å². The second-order valence-corrected chi connectivity index (χ2v) is 18.4. The first-order valence-corrected chi connectivity index (χ1v) is 19.0. The number of benzene rings is 3. The first-order chi connectivity index (χ1) is 22.4. The Kier molecular flexibility index (Phi) is 10.9. The van der Waals surface area contributed by atoms with Crippen molar-refractivity contribution in [1.29, 1.82) is 0 Å². The molecule has 0 aliphatic carbocycles. The van der Waals surface area contributed by atoms with Gasteiger partial charge in [0.25, 0.3) is 5.56 Å². The molecule has 1 fully saturated rings. The van der Waals surface area contributed by atoms with Crippen LogP contribution < -0.4 is 20.7 Å². The van der Waals surface area contributed by atoms with Gasteiger partial charge in [0.2, 0.25) is 0 Å². The first kappa shape index (κ1) is 34.4. The van der Waals surface area contributed by atoms with Crippen molar-refractivity contribution >= 4 is 8.32 Å². The molecular weight excluding hydrogens is 613 g/mol. The van der Waals surface area contributed by atoms with E-state index in [4.69, 9.17) is 23.4 Å². The van der Waals surface area contributed by atoms with Crippen molar-refractivity contribution in [3.63, 3.8) is 0 Å². The number of aromatic amines is 1. The van der Waals surface area contributed by atoms with E-state index in [0.717, 1.165) is 16.7 Å². The van der Waals surface area contributed by atoms with Crippen LogP contribution in [0.15, 0.2) is 94.6 Å². The van der Waals surface area contributed by atoms with Gasteiger partial charge in [-0.05, 0) is 53.9 Å². The van der Waals surface area contributed by atoms with Crippen molar-refractivity contribution in [3.05, 3.63) is 128 Å². The Bertz CT molecular complexity index is 1670. The van der Waals surface area contributed by atoms with Crippen molar-refractivity contribution in [2.24, 2.45) is 0 Å². The summed E-state index contributed by atoms with van der Waals surface area (Å²) in [5.41, 5.74) is 2.56. The van der Waals surface area contributed by atoms with Crippen molar-refractivity contribution in [2.75, 3.05) is 6.61 Å². The fourth-order valence-electron chi connectivity index (χ4n) is 5.16. The highest BCUT2D eigenvalue weighted by molar-refractivity contribution is 6.74. The maximum absolute atomic E-state index is 12.7. The van der Waals surface area contributed by atoms with Crippen molar-refractivity contribution in [2.45, 2.75) is 90.5 Å². The summed E-state index contributed by atoms with van der Waals surface area (Å²) in [7, 11) is -2.18. The third-order valence-corrected chi connectivity index (χ3v) is 13.4. The molecule has 0 unspecified atom stereocenters. The molecule has 1 aromatic heterocycles. The highest BCUT2D eigenvalue weighted by Gasteiger charge is 2.45. The molecular formula is C37H46N2O7Si. The Hall–Kier alpha value is -3.96. The average molecular weight is 659 g/mol. The summed E-state index contributed by atoms with van der Waals surface area (Å²) in [5.74, 6) is 1.37. The number of hydrogen-bond acceptors (Lipinski definition) is 7. The van der Waals surface area contributed by atoms with Gasteiger partial charge in [0.15, 0.2) is 8.32 Å². The van der Waals surface area contributed by atoms with Gasteiger partial charge in [-0.3, -0.25) is 14.3 Å². The molecule has 10 heteroatoms. The third kappa shape index (κ3) is 9.10. The number of ether oxygens (including phenoxy) is 4. The molecule has 1 N–H and O–H groups in total. The predicted molar refractivity (Wildman–Crippen MR) is 184 cm³/mol. The van der Waals surface area contributed by atoms with E-state index in [2.05, 4.69) is 38.8 Å². The minimum Gasteiger partial charge on any atom is -0.489 e. The van der Waals surface area contributed by atoms with Crippen molar-refractivity contribution in [3.8, 4) is 11.5 Å². The van der Waals surface area contributed by atoms with Gasteiger partial charge in [-0.15, -0.1) is 0 Å². The monoisotopic (exact) mass is 658 g/mol. The Morgan fingerprint density at radius 3 is 1.98 bits per heavy atom. The lowest BCUT2D eigenvalue weighted by Crippen LogP contribution is -2.46. The van der Waals surface area contributed by atoms with Crippen LogP contribution in [0.3, 0.4) is 0 Å². The van der Waals surface area contributed by atoms with Gasteiger partial charge in [0.1, 0.15) is 37.0 Å². The largest absolute Gasteiger partial charge is 0.489 e. The van der Waals surface area contributed by atoms with E-state index in [0.29, 0.717) is 43.3 Å². The highest BCUT2D eigenvalue weighted by atomic mass is 28.4. The number of aromatic nitrogens is 2. The lowest BCUT2D eigenvalue weighted by atomic mass is 10.2. The highest BCUT2D eigenvalue weighted by Crippen LogP contribution is 2.41. The van der Waals surface area contributed by atoms with Crippen LogP contribution in [0.5, 0.6) is 11.5 Å². The molecule has 47 heavy (non-hydrogen) atoms. The lowest BCUT2D eigenvalue weighted by molar-refractivity contribution is -0.0648. The van der Waals surface area contributed by atoms with Gasteiger partial charge in [-0.1, -0.05) is 81.4 Å². The fourth-order valence-corrected chi connectivity index (χ4v) is 6.51. The van der Waals surface area contributed by atoms with E-state index in [1.54, 1.807) is 13.1 Å². The zero-order chi connectivity index (χ0) is 33.6. The van der Waals surface area contributed by atoms with Crippen LogP contribution >= 0.6 is 0 Å². The second-order valence-electron chi connectivity index (χ2n) is 13.6. The zero-order valence-corrected chi connectivity index (χ0v) is 29.2. The van der Waals surface area contributed by atoms with Gasteiger partial charge in [-0.25, -0.2) is 4.79 Å². The summed E-state index contributed by atoms with van der Waals surface area (Å²) >= 11 is 0. The Morgan fingerprint density at radius 1 is 0.851 bits per heavy atom. The SMILES string of the molecule is Cc1cn([C@H]2C[C@H](O[Si](C)(C)C(C)(C)C)[C@@H](COCc3cc(OCc4ccccc4)cc(OCc4ccccc4)c3)O2)c(=O)[nH]c1=O. The summed E-state index contributed by atoms with van der Waals surface area (Å²) < 4.78 is 33.3. The molecule has 4 aromatic rings. The number of nitrogens with one attached hydrogen (secondary N) is 1. The molecule has 0 bridgehead atoms. The van der Waals surface area contributed by atoms with E-state index in [1.165, 1.54) is 4.57 Å². The molecule has 1 aliphatic heterocycles. The predicted octanol–water partition coefficient (Wildman–Crippen LogP) is 6.90. The Balaban J connectivity index is 1.31. The van der Waals surface area contributed by atoms with E-state index < -0.39 is 31.9 Å². The molecule has 2 heterocycles. The molecule has 0 spiro atoms. The van der Waals surface area contributed by atoms with E-state index >= 15 is 0 Å². The Labute approximate surface area is 277 Å². The minimum atomic E-state index is -2.18. The molecule has 250 valence electrons. The van der Waals surface area contributed by atoms with Crippen LogP contribution in [0, 0.1) is 6.92 Å². The smallest absolute Gasteiger partial charge is 0.330 e. The molecule has 9 nitrogen and oxygen atoms in total. The second kappa shape index (κ2) is 14.9. The number of hydrogen-bond donors (Lipinski definition) is 1. The molecule has 0 amide bonds. The summed E-state index contributed by atoms with van der Waals surface area (Å²) in [4.78, 5) is 27.1. The summed E-state index contributed by atoms with van der Waals surface area (Å²) in [6, 6.07) is 25.8. The average Bonchev–Trinajstić information content (AvgIpc) is 3.42. The van der Waals surface area contributed by atoms with Crippen LogP contribution in [-0.4, -0.2) is 36.7 Å². The maximum Gasteiger partial charge on any atom is 0.330 e. The molecule has 0 saturated carbocycles. The first-order valence-electron chi connectivity index (χ1n) is 16.1. The topological polar surface area (TPSA) is 101 Å². The van der Waals surface area contributed by atoms with Crippen LogP contribution in [0.4, 0.5) is 0 Å². The molecule has 1 saturated heterocycles. The number of aryl methyl sites for hydroxylation is 1. The van der Waals surface area contributed by atoms with Crippen LogP contribution in [0.1, 0.15) is 55.7 Å². The van der Waals surface area contributed by atoms with Crippen LogP contribution in [0.2, 0.25) is 18.1 Å².